The van der Waals surface area contributed by atoms with E-state index in [4.69, 9.17) is 0 Å². The van der Waals surface area contributed by atoms with Crippen LogP contribution in [0, 0.1) is 0 Å². The topological polar surface area (TPSA) is 38.7 Å². The minimum Gasteiger partial charge on any atom is -0.244 e. The van der Waals surface area contributed by atoms with E-state index in [1.54, 1.807) is 23.7 Å². The van der Waals surface area contributed by atoms with Gasteiger partial charge in [0.2, 0.25) is 0 Å². The van der Waals surface area contributed by atoms with Gasteiger partial charge in [0.1, 0.15) is 5.01 Å². The van der Waals surface area contributed by atoms with Crippen LogP contribution in [0.2, 0.25) is 0 Å². The van der Waals surface area contributed by atoms with Crippen LogP contribution in [-0.4, -0.2) is 15.0 Å². The number of thiazole rings is 1. The molecule has 4 heteroatoms. The highest BCUT2D eigenvalue weighted by Crippen LogP contribution is 2.32. The molecule has 3 rings (SSSR count). The van der Waals surface area contributed by atoms with Crippen LogP contribution < -0.4 is 0 Å². The van der Waals surface area contributed by atoms with Crippen molar-refractivity contribution in [3.63, 3.8) is 0 Å². The van der Waals surface area contributed by atoms with E-state index in [1.807, 2.05) is 12.3 Å². The summed E-state index contributed by atoms with van der Waals surface area (Å²) in [4.78, 5) is 14.0. The molecular formula is C13H13N3S. The Balaban J connectivity index is 1.90. The minimum atomic E-state index is 0.771. The van der Waals surface area contributed by atoms with Crippen molar-refractivity contribution in [3.8, 4) is 10.7 Å². The SMILES string of the molecule is C1=C(c2ncc(-c3ncccn3)s2)CCCC1. The number of allylic oxidation sites excluding steroid dienone is 2. The van der Waals surface area contributed by atoms with Gasteiger partial charge in [-0.25, -0.2) is 15.0 Å². The van der Waals surface area contributed by atoms with Gasteiger partial charge >= 0.3 is 0 Å². The van der Waals surface area contributed by atoms with Gasteiger partial charge < -0.3 is 0 Å². The summed E-state index contributed by atoms with van der Waals surface area (Å²) in [5, 5.41) is 1.13. The van der Waals surface area contributed by atoms with Gasteiger partial charge in [0, 0.05) is 18.6 Å². The van der Waals surface area contributed by atoms with Crippen molar-refractivity contribution in [1.82, 2.24) is 15.0 Å². The molecule has 17 heavy (non-hydrogen) atoms. The highest BCUT2D eigenvalue weighted by molar-refractivity contribution is 7.16. The highest BCUT2D eigenvalue weighted by atomic mass is 32.1. The Morgan fingerprint density at radius 2 is 1.94 bits per heavy atom. The van der Waals surface area contributed by atoms with Gasteiger partial charge in [-0.15, -0.1) is 11.3 Å². The van der Waals surface area contributed by atoms with E-state index in [2.05, 4.69) is 21.0 Å². The zero-order valence-electron chi connectivity index (χ0n) is 9.47. The molecule has 0 spiro atoms. The number of hydrogen-bond acceptors (Lipinski definition) is 4. The molecule has 0 aliphatic heterocycles. The highest BCUT2D eigenvalue weighted by Gasteiger charge is 2.12. The fourth-order valence-electron chi connectivity index (χ4n) is 1.98. The summed E-state index contributed by atoms with van der Waals surface area (Å²) in [7, 11) is 0. The van der Waals surface area contributed by atoms with Gasteiger partial charge in [0.15, 0.2) is 5.82 Å². The lowest BCUT2D eigenvalue weighted by Crippen LogP contribution is -1.90. The third kappa shape index (κ3) is 2.26. The Morgan fingerprint density at radius 3 is 2.71 bits per heavy atom. The van der Waals surface area contributed by atoms with Crippen LogP contribution in [0.15, 0.2) is 30.7 Å². The minimum absolute atomic E-state index is 0.771. The Kier molecular flexibility index (Phi) is 2.96. The standard InChI is InChI=1S/C13H13N3S/c1-2-5-10(6-3-1)13-16-9-11(17-13)12-14-7-4-8-15-12/h4-5,7-9H,1-3,6H2. The lowest BCUT2D eigenvalue weighted by atomic mass is 10.0. The zero-order valence-corrected chi connectivity index (χ0v) is 10.3. The summed E-state index contributed by atoms with van der Waals surface area (Å²) in [5.74, 6) is 0.771. The molecule has 2 aromatic heterocycles. The molecule has 0 N–H and O–H groups in total. The van der Waals surface area contributed by atoms with Crippen LogP contribution in [0.4, 0.5) is 0 Å². The smallest absolute Gasteiger partial charge is 0.171 e. The van der Waals surface area contributed by atoms with E-state index < -0.39 is 0 Å². The first-order chi connectivity index (χ1) is 8.43. The second kappa shape index (κ2) is 4.75. The Hall–Kier alpha value is -1.55. The van der Waals surface area contributed by atoms with Crippen LogP contribution in [0.1, 0.15) is 30.7 Å². The van der Waals surface area contributed by atoms with Gasteiger partial charge in [-0.05, 0) is 37.3 Å². The molecule has 2 aromatic rings. The van der Waals surface area contributed by atoms with E-state index in [0.717, 1.165) is 22.1 Å². The summed E-state index contributed by atoms with van der Waals surface area (Å²) in [6.45, 7) is 0. The summed E-state index contributed by atoms with van der Waals surface area (Å²) >= 11 is 1.69. The third-order valence-electron chi connectivity index (χ3n) is 2.86. The molecule has 0 fully saturated rings. The number of hydrogen-bond donors (Lipinski definition) is 0. The molecule has 0 unspecified atom stereocenters. The fraction of sp³-hybridized carbons (Fsp3) is 0.308. The van der Waals surface area contributed by atoms with Gasteiger partial charge in [-0.1, -0.05) is 6.08 Å². The average molecular weight is 243 g/mol. The summed E-state index contributed by atoms with van der Waals surface area (Å²) < 4.78 is 0. The quantitative estimate of drug-likeness (QED) is 0.809. The van der Waals surface area contributed by atoms with E-state index in [9.17, 15) is 0 Å². The molecule has 0 saturated heterocycles. The second-order valence-corrected chi connectivity index (χ2v) is 5.11. The molecular weight excluding hydrogens is 230 g/mol. The molecule has 2 heterocycles. The lowest BCUT2D eigenvalue weighted by molar-refractivity contribution is 0.741. The van der Waals surface area contributed by atoms with E-state index >= 15 is 0 Å². The second-order valence-electron chi connectivity index (χ2n) is 4.08. The molecule has 0 amide bonds. The van der Waals surface area contributed by atoms with Gasteiger partial charge in [-0.3, -0.25) is 0 Å². The molecule has 3 nitrogen and oxygen atoms in total. The molecule has 0 aromatic carbocycles. The fourth-order valence-corrected chi connectivity index (χ4v) is 2.92. The summed E-state index contributed by atoms with van der Waals surface area (Å²) in [6, 6.07) is 1.83. The maximum absolute atomic E-state index is 4.49. The predicted octanol–water partition coefficient (Wildman–Crippen LogP) is 3.56. The predicted molar refractivity (Wildman–Crippen MR) is 69.6 cm³/mol. The molecule has 0 bridgehead atoms. The zero-order chi connectivity index (χ0) is 11.5. The van der Waals surface area contributed by atoms with E-state index in [-0.39, 0.29) is 0 Å². The van der Waals surface area contributed by atoms with Crippen LogP contribution in [0.3, 0.4) is 0 Å². The average Bonchev–Trinajstić information content (AvgIpc) is 2.90. The monoisotopic (exact) mass is 243 g/mol. The van der Waals surface area contributed by atoms with Gasteiger partial charge in [-0.2, -0.15) is 0 Å². The largest absolute Gasteiger partial charge is 0.244 e. The van der Waals surface area contributed by atoms with Crippen molar-refractivity contribution in [2.24, 2.45) is 0 Å². The van der Waals surface area contributed by atoms with E-state index in [1.165, 1.54) is 24.8 Å². The molecule has 86 valence electrons. The van der Waals surface area contributed by atoms with Crippen LogP contribution >= 0.6 is 11.3 Å². The molecule has 0 saturated carbocycles. The molecule has 1 aliphatic rings. The Labute approximate surface area is 104 Å². The lowest BCUT2D eigenvalue weighted by Gasteiger charge is -2.09. The summed E-state index contributed by atoms with van der Waals surface area (Å²) in [6.07, 6.45) is 12.7. The van der Waals surface area contributed by atoms with Crippen LogP contribution in [0.5, 0.6) is 0 Å². The van der Waals surface area contributed by atoms with E-state index in [0.29, 0.717) is 0 Å². The van der Waals surface area contributed by atoms with Crippen molar-refractivity contribution in [3.05, 3.63) is 35.7 Å². The summed E-state index contributed by atoms with van der Waals surface area (Å²) in [5.41, 5.74) is 1.39. The van der Waals surface area contributed by atoms with Crippen molar-refractivity contribution in [2.75, 3.05) is 0 Å². The normalized spacial score (nSPS) is 15.6. The van der Waals surface area contributed by atoms with Crippen molar-refractivity contribution >= 4 is 16.9 Å². The van der Waals surface area contributed by atoms with Crippen LogP contribution in [-0.2, 0) is 0 Å². The van der Waals surface area contributed by atoms with Crippen molar-refractivity contribution in [2.45, 2.75) is 25.7 Å². The number of nitrogens with zero attached hydrogens (tertiary/aromatic N) is 3. The first-order valence-corrected chi connectivity index (χ1v) is 6.68. The number of aromatic nitrogens is 3. The Bertz CT molecular complexity index is 531. The first kappa shape index (κ1) is 10.6. The third-order valence-corrected chi connectivity index (χ3v) is 3.93. The first-order valence-electron chi connectivity index (χ1n) is 5.86. The van der Waals surface area contributed by atoms with Gasteiger partial charge in [0.25, 0.3) is 0 Å². The molecule has 0 radical (unpaired) electrons. The number of rotatable bonds is 2. The maximum atomic E-state index is 4.49. The van der Waals surface area contributed by atoms with Crippen molar-refractivity contribution in [1.29, 1.82) is 0 Å². The van der Waals surface area contributed by atoms with Gasteiger partial charge in [0.05, 0.1) is 4.88 Å². The van der Waals surface area contributed by atoms with Crippen LogP contribution in [0.25, 0.3) is 16.3 Å². The molecule has 1 aliphatic carbocycles. The Morgan fingerprint density at radius 1 is 1.06 bits per heavy atom. The molecule has 0 atom stereocenters. The maximum Gasteiger partial charge on any atom is 0.171 e. The van der Waals surface area contributed by atoms with Crippen molar-refractivity contribution < 1.29 is 0 Å².